The molecule has 0 aromatic heterocycles. The molecule has 1 unspecified atom stereocenters. The first-order valence-electron chi connectivity index (χ1n) is 7.04. The first-order valence-corrected chi connectivity index (χ1v) is 7.04. The molecular formula is C16H20O2. The van der Waals surface area contributed by atoms with Crippen LogP contribution in [0.15, 0.2) is 24.3 Å². The Kier molecular flexibility index (Phi) is 3.46. The molecule has 96 valence electrons. The zero-order valence-electron chi connectivity index (χ0n) is 10.7. The Balaban J connectivity index is 1.75. The largest absolute Gasteiger partial charge is 0.381 e. The van der Waals surface area contributed by atoms with Crippen LogP contribution in [0.3, 0.4) is 0 Å². The van der Waals surface area contributed by atoms with E-state index in [1.54, 1.807) is 0 Å². The van der Waals surface area contributed by atoms with E-state index in [9.17, 15) is 4.79 Å². The molecular weight excluding hydrogens is 224 g/mol. The highest BCUT2D eigenvalue weighted by Gasteiger charge is 2.26. The molecule has 0 radical (unpaired) electrons. The second kappa shape index (κ2) is 5.23. The standard InChI is InChI=1S/C16H20O2/c17-16(10-12-8-9-18-11-12)15-7-2-1-6-14(15)13-4-3-5-13/h1-2,6-7,12-13H,3-5,8-11H2. The lowest BCUT2D eigenvalue weighted by Gasteiger charge is -2.27. The molecule has 1 aliphatic carbocycles. The van der Waals surface area contributed by atoms with Crippen LogP contribution in [0.2, 0.25) is 0 Å². The minimum Gasteiger partial charge on any atom is -0.381 e. The highest BCUT2D eigenvalue weighted by atomic mass is 16.5. The van der Waals surface area contributed by atoms with Gasteiger partial charge in [0.05, 0.1) is 0 Å². The van der Waals surface area contributed by atoms with Gasteiger partial charge in [-0.25, -0.2) is 0 Å². The molecule has 0 bridgehead atoms. The SMILES string of the molecule is O=C(CC1CCOC1)c1ccccc1C1CCC1. The molecule has 1 atom stereocenters. The molecule has 2 heteroatoms. The van der Waals surface area contributed by atoms with Crippen molar-refractivity contribution in [3.63, 3.8) is 0 Å². The van der Waals surface area contributed by atoms with Crippen molar-refractivity contribution >= 4 is 5.78 Å². The number of carbonyl (C=O) groups is 1. The van der Waals surface area contributed by atoms with Gasteiger partial charge in [-0.3, -0.25) is 4.79 Å². The summed E-state index contributed by atoms with van der Waals surface area (Å²) in [5.41, 5.74) is 2.25. The van der Waals surface area contributed by atoms with Crippen molar-refractivity contribution < 1.29 is 9.53 Å². The Bertz CT molecular complexity index is 428. The summed E-state index contributed by atoms with van der Waals surface area (Å²) >= 11 is 0. The van der Waals surface area contributed by atoms with Crippen LogP contribution in [0.1, 0.15) is 53.9 Å². The average molecular weight is 244 g/mol. The predicted molar refractivity (Wildman–Crippen MR) is 70.9 cm³/mol. The summed E-state index contributed by atoms with van der Waals surface area (Å²) in [7, 11) is 0. The van der Waals surface area contributed by atoms with Crippen molar-refractivity contribution in [2.24, 2.45) is 5.92 Å². The Morgan fingerprint density at radius 3 is 2.72 bits per heavy atom. The summed E-state index contributed by atoms with van der Waals surface area (Å²) < 4.78 is 5.35. The summed E-state index contributed by atoms with van der Waals surface area (Å²) in [5.74, 6) is 1.38. The number of ketones is 1. The predicted octanol–water partition coefficient (Wildman–Crippen LogP) is 3.56. The van der Waals surface area contributed by atoms with Crippen molar-refractivity contribution in [1.29, 1.82) is 0 Å². The van der Waals surface area contributed by atoms with Crippen LogP contribution in [-0.2, 0) is 4.74 Å². The first kappa shape index (κ1) is 11.9. The molecule has 0 amide bonds. The van der Waals surface area contributed by atoms with Gasteiger partial charge in [-0.15, -0.1) is 0 Å². The second-order valence-corrected chi connectivity index (χ2v) is 5.57. The zero-order chi connectivity index (χ0) is 12.4. The van der Waals surface area contributed by atoms with E-state index in [2.05, 4.69) is 12.1 Å². The summed E-state index contributed by atoms with van der Waals surface area (Å²) in [5, 5.41) is 0. The first-order chi connectivity index (χ1) is 8.84. The Morgan fingerprint density at radius 2 is 2.06 bits per heavy atom. The van der Waals surface area contributed by atoms with Crippen LogP contribution < -0.4 is 0 Å². The topological polar surface area (TPSA) is 26.3 Å². The molecule has 1 heterocycles. The van der Waals surface area contributed by atoms with Gasteiger partial charge < -0.3 is 4.74 Å². The van der Waals surface area contributed by atoms with Gasteiger partial charge in [0, 0.05) is 25.2 Å². The third kappa shape index (κ3) is 2.35. The van der Waals surface area contributed by atoms with Gasteiger partial charge in [0.2, 0.25) is 0 Å². The molecule has 2 fully saturated rings. The molecule has 2 aliphatic rings. The molecule has 0 spiro atoms. The van der Waals surface area contributed by atoms with Crippen LogP contribution in [0.4, 0.5) is 0 Å². The monoisotopic (exact) mass is 244 g/mol. The van der Waals surface area contributed by atoms with Crippen molar-refractivity contribution in [2.45, 2.75) is 38.0 Å². The van der Waals surface area contributed by atoms with Gasteiger partial charge in [-0.2, -0.15) is 0 Å². The molecule has 0 N–H and O–H groups in total. The fourth-order valence-electron chi connectivity index (χ4n) is 2.94. The lowest BCUT2D eigenvalue weighted by atomic mass is 9.77. The zero-order valence-corrected chi connectivity index (χ0v) is 10.7. The van der Waals surface area contributed by atoms with E-state index in [1.165, 1.54) is 24.8 Å². The lowest BCUT2D eigenvalue weighted by Crippen LogP contribution is -2.16. The highest BCUT2D eigenvalue weighted by molar-refractivity contribution is 5.97. The van der Waals surface area contributed by atoms with E-state index >= 15 is 0 Å². The number of rotatable bonds is 4. The number of benzene rings is 1. The summed E-state index contributed by atoms with van der Waals surface area (Å²) in [6.45, 7) is 1.58. The number of carbonyl (C=O) groups excluding carboxylic acids is 1. The maximum Gasteiger partial charge on any atom is 0.163 e. The maximum absolute atomic E-state index is 12.4. The van der Waals surface area contributed by atoms with Crippen LogP contribution in [-0.4, -0.2) is 19.0 Å². The molecule has 18 heavy (non-hydrogen) atoms. The number of ether oxygens (including phenoxy) is 1. The molecule has 3 rings (SSSR count). The summed E-state index contributed by atoms with van der Waals surface area (Å²) in [6, 6.07) is 8.19. The maximum atomic E-state index is 12.4. The number of hydrogen-bond donors (Lipinski definition) is 0. The molecule has 1 aromatic carbocycles. The van der Waals surface area contributed by atoms with E-state index in [4.69, 9.17) is 4.74 Å². The minimum absolute atomic E-state index is 0.313. The third-order valence-electron chi connectivity index (χ3n) is 4.30. The van der Waals surface area contributed by atoms with Gasteiger partial charge in [-0.05, 0) is 36.7 Å². The third-order valence-corrected chi connectivity index (χ3v) is 4.30. The van der Waals surface area contributed by atoms with E-state index in [0.29, 0.717) is 24.0 Å². The van der Waals surface area contributed by atoms with E-state index in [1.807, 2.05) is 12.1 Å². The van der Waals surface area contributed by atoms with Crippen molar-refractivity contribution in [1.82, 2.24) is 0 Å². The quantitative estimate of drug-likeness (QED) is 0.757. The van der Waals surface area contributed by atoms with Gasteiger partial charge in [0.1, 0.15) is 0 Å². The second-order valence-electron chi connectivity index (χ2n) is 5.57. The normalized spacial score (nSPS) is 23.9. The van der Waals surface area contributed by atoms with E-state index in [-0.39, 0.29) is 0 Å². The van der Waals surface area contributed by atoms with Crippen LogP contribution in [0.25, 0.3) is 0 Å². The molecule has 1 saturated carbocycles. The van der Waals surface area contributed by atoms with Crippen molar-refractivity contribution in [2.75, 3.05) is 13.2 Å². The van der Waals surface area contributed by atoms with Gasteiger partial charge >= 0.3 is 0 Å². The smallest absolute Gasteiger partial charge is 0.163 e. The Hall–Kier alpha value is -1.15. The molecule has 2 nitrogen and oxygen atoms in total. The molecule has 1 aromatic rings. The Labute approximate surface area is 108 Å². The lowest BCUT2D eigenvalue weighted by molar-refractivity contribution is 0.0950. The van der Waals surface area contributed by atoms with Gasteiger partial charge in [0.25, 0.3) is 0 Å². The molecule has 1 saturated heterocycles. The van der Waals surface area contributed by atoms with Crippen LogP contribution in [0.5, 0.6) is 0 Å². The minimum atomic E-state index is 0.313. The highest BCUT2D eigenvalue weighted by Crippen LogP contribution is 2.38. The summed E-state index contributed by atoms with van der Waals surface area (Å²) in [6.07, 6.45) is 5.50. The fraction of sp³-hybridized carbons (Fsp3) is 0.562. The van der Waals surface area contributed by atoms with Gasteiger partial charge in [-0.1, -0.05) is 30.7 Å². The average Bonchev–Trinajstić information content (AvgIpc) is 2.80. The van der Waals surface area contributed by atoms with E-state index < -0.39 is 0 Å². The Morgan fingerprint density at radius 1 is 1.22 bits per heavy atom. The van der Waals surface area contributed by atoms with Gasteiger partial charge in [0.15, 0.2) is 5.78 Å². The van der Waals surface area contributed by atoms with Crippen molar-refractivity contribution in [3.05, 3.63) is 35.4 Å². The molecule has 1 aliphatic heterocycles. The van der Waals surface area contributed by atoms with E-state index in [0.717, 1.165) is 25.2 Å². The number of Topliss-reactive ketones (excluding diaryl/α,β-unsaturated/α-hetero) is 1. The summed E-state index contributed by atoms with van der Waals surface area (Å²) in [4.78, 5) is 12.4. The van der Waals surface area contributed by atoms with Crippen LogP contribution in [0, 0.1) is 5.92 Å². The fourth-order valence-corrected chi connectivity index (χ4v) is 2.94. The van der Waals surface area contributed by atoms with Crippen molar-refractivity contribution in [3.8, 4) is 0 Å². The van der Waals surface area contributed by atoms with Crippen LogP contribution >= 0.6 is 0 Å². The number of hydrogen-bond acceptors (Lipinski definition) is 2.